The van der Waals surface area contributed by atoms with Gasteiger partial charge in [0, 0.05) is 40.0 Å². The molecule has 0 bridgehead atoms. The summed E-state index contributed by atoms with van der Waals surface area (Å²) in [6.07, 6.45) is -5.22. The molecule has 2 amide bonds. The summed E-state index contributed by atoms with van der Waals surface area (Å²) in [6, 6.07) is 10.9. The maximum Gasteiger partial charge on any atom is 0.416 e. The molecule has 2 atom stereocenters. The summed E-state index contributed by atoms with van der Waals surface area (Å²) >= 11 is 0. The number of amides is 2. The molecule has 4 N–H and O–H groups in total. The van der Waals surface area contributed by atoms with E-state index >= 15 is 0 Å². The third-order valence-electron chi connectivity index (χ3n) is 5.87. The van der Waals surface area contributed by atoms with Crippen LogP contribution in [0.5, 0.6) is 0 Å². The van der Waals surface area contributed by atoms with E-state index in [2.05, 4.69) is 16.0 Å². The molecule has 2 heterocycles. The Morgan fingerprint density at radius 2 is 1.82 bits per heavy atom. The highest BCUT2D eigenvalue weighted by Crippen LogP contribution is 2.42. The number of fused-ring (bicyclic) bond motifs is 2. The molecule has 0 saturated heterocycles. The summed E-state index contributed by atoms with van der Waals surface area (Å²) in [5, 5.41) is 18.3. The Balaban J connectivity index is 1.54. The molecule has 34 heavy (non-hydrogen) atoms. The Morgan fingerprint density at radius 3 is 2.59 bits per heavy atom. The fraction of sp³-hybridized carbons (Fsp3) is 0.167. The van der Waals surface area contributed by atoms with Crippen LogP contribution in [0.1, 0.15) is 49.0 Å². The van der Waals surface area contributed by atoms with Gasteiger partial charge in [0.25, 0.3) is 11.8 Å². The fourth-order valence-electron chi connectivity index (χ4n) is 4.41. The first kappa shape index (κ1) is 21.9. The molecule has 3 aromatic rings. The van der Waals surface area contributed by atoms with E-state index < -0.39 is 47.2 Å². The number of carbonyl (C=O) groups is 2. The van der Waals surface area contributed by atoms with Crippen molar-refractivity contribution in [3.05, 3.63) is 93.8 Å². The summed E-state index contributed by atoms with van der Waals surface area (Å²) in [4.78, 5) is 25.5. The van der Waals surface area contributed by atoms with Gasteiger partial charge in [0.1, 0.15) is 12.0 Å². The van der Waals surface area contributed by atoms with Gasteiger partial charge < -0.3 is 21.1 Å². The van der Waals surface area contributed by atoms with Crippen molar-refractivity contribution in [3.63, 3.8) is 0 Å². The number of aliphatic hydroxyl groups excluding tert-OH is 1. The quantitative estimate of drug-likeness (QED) is 0.431. The predicted octanol–water partition coefficient (Wildman–Crippen LogP) is 4.22. The summed E-state index contributed by atoms with van der Waals surface area (Å²) in [5.74, 6) is -2.54. The molecule has 0 aliphatic carbocycles. The van der Waals surface area contributed by atoms with Crippen molar-refractivity contribution in [2.75, 3.05) is 10.6 Å². The van der Waals surface area contributed by atoms with Gasteiger partial charge in [-0.25, -0.2) is 4.39 Å². The van der Waals surface area contributed by atoms with E-state index in [-0.39, 0.29) is 11.3 Å². The van der Waals surface area contributed by atoms with Crippen LogP contribution in [0, 0.1) is 5.82 Å². The standard InChI is InChI=1S/C24H17F4N3O3/c25-14-8-12(7-13(10-14)24(26,27)28)22(33)29-17-6-2-4-15-19(17)21(31-23(15)34)16-5-1-3-11-9-18(32)30-20(11)16/h1-8,10,18,21,30,32H,9H2,(H,29,33)(H,31,34). The lowest BCUT2D eigenvalue weighted by Gasteiger charge is -2.20. The maximum absolute atomic E-state index is 13.8. The molecule has 2 unspecified atom stereocenters. The summed E-state index contributed by atoms with van der Waals surface area (Å²) in [7, 11) is 0. The number of benzene rings is 3. The van der Waals surface area contributed by atoms with Crippen molar-refractivity contribution in [3.8, 4) is 0 Å². The van der Waals surface area contributed by atoms with Gasteiger partial charge in [-0.2, -0.15) is 13.2 Å². The largest absolute Gasteiger partial charge is 0.416 e. The van der Waals surface area contributed by atoms with E-state index in [1.807, 2.05) is 6.07 Å². The number of anilines is 2. The Morgan fingerprint density at radius 1 is 1.06 bits per heavy atom. The molecule has 0 fully saturated rings. The van der Waals surface area contributed by atoms with Crippen LogP contribution < -0.4 is 16.0 Å². The van der Waals surface area contributed by atoms with Gasteiger partial charge >= 0.3 is 6.18 Å². The van der Waals surface area contributed by atoms with E-state index in [1.165, 1.54) is 12.1 Å². The van der Waals surface area contributed by atoms with Crippen LogP contribution in [0.2, 0.25) is 0 Å². The van der Waals surface area contributed by atoms with E-state index in [0.717, 1.165) is 5.56 Å². The van der Waals surface area contributed by atoms with Crippen LogP contribution in [0.4, 0.5) is 28.9 Å². The van der Waals surface area contributed by atoms with Gasteiger partial charge in [-0.3, -0.25) is 9.59 Å². The second-order valence-corrected chi connectivity index (χ2v) is 8.10. The van der Waals surface area contributed by atoms with Crippen LogP contribution in [0.25, 0.3) is 0 Å². The fourth-order valence-corrected chi connectivity index (χ4v) is 4.41. The molecule has 0 saturated carbocycles. The van der Waals surface area contributed by atoms with Crippen molar-refractivity contribution < 1.29 is 32.3 Å². The van der Waals surface area contributed by atoms with Crippen molar-refractivity contribution in [1.29, 1.82) is 0 Å². The Hall–Kier alpha value is -3.92. The second kappa shape index (κ2) is 7.84. The molecular formula is C24H17F4N3O3. The Bertz CT molecular complexity index is 1340. The SMILES string of the molecule is O=C(Nc1cccc2c1C(c1cccc3c1NC(O)C3)NC2=O)c1cc(F)cc(C(F)(F)F)c1. The minimum absolute atomic E-state index is 0.194. The zero-order valence-corrected chi connectivity index (χ0v) is 17.3. The van der Waals surface area contributed by atoms with Gasteiger partial charge in [-0.1, -0.05) is 24.3 Å². The molecule has 6 nitrogen and oxygen atoms in total. The van der Waals surface area contributed by atoms with Crippen LogP contribution in [-0.4, -0.2) is 23.1 Å². The number of alkyl halides is 3. The first-order valence-electron chi connectivity index (χ1n) is 10.3. The first-order chi connectivity index (χ1) is 16.1. The van der Waals surface area contributed by atoms with Gasteiger partial charge in [0.05, 0.1) is 11.6 Å². The molecule has 0 aromatic heterocycles. The van der Waals surface area contributed by atoms with Gasteiger partial charge in [0.2, 0.25) is 0 Å². The Labute approximate surface area is 190 Å². The second-order valence-electron chi connectivity index (χ2n) is 8.10. The number of rotatable bonds is 3. The highest BCUT2D eigenvalue weighted by atomic mass is 19.4. The highest BCUT2D eigenvalue weighted by molar-refractivity contribution is 6.08. The molecule has 10 heteroatoms. The molecule has 0 spiro atoms. The molecule has 5 rings (SSSR count). The lowest BCUT2D eigenvalue weighted by Crippen LogP contribution is -2.22. The van der Waals surface area contributed by atoms with Gasteiger partial charge in [-0.15, -0.1) is 0 Å². The van der Waals surface area contributed by atoms with E-state index in [1.54, 1.807) is 18.2 Å². The van der Waals surface area contributed by atoms with E-state index in [0.29, 0.717) is 41.4 Å². The van der Waals surface area contributed by atoms with Crippen molar-refractivity contribution >= 4 is 23.2 Å². The average molecular weight is 471 g/mol. The number of halogens is 4. The molecule has 0 radical (unpaired) electrons. The number of hydrogen-bond acceptors (Lipinski definition) is 4. The number of carbonyl (C=O) groups excluding carboxylic acids is 2. The molecular weight excluding hydrogens is 454 g/mol. The predicted molar refractivity (Wildman–Crippen MR) is 115 cm³/mol. The van der Waals surface area contributed by atoms with Crippen molar-refractivity contribution in [2.24, 2.45) is 0 Å². The topological polar surface area (TPSA) is 90.5 Å². The van der Waals surface area contributed by atoms with Crippen LogP contribution in [-0.2, 0) is 12.6 Å². The minimum atomic E-state index is -4.82. The van der Waals surface area contributed by atoms with Crippen LogP contribution in [0.3, 0.4) is 0 Å². The highest BCUT2D eigenvalue weighted by Gasteiger charge is 2.36. The van der Waals surface area contributed by atoms with Crippen LogP contribution >= 0.6 is 0 Å². The van der Waals surface area contributed by atoms with E-state index in [9.17, 15) is 32.3 Å². The third kappa shape index (κ3) is 3.75. The van der Waals surface area contributed by atoms with Crippen LogP contribution in [0.15, 0.2) is 54.6 Å². The minimum Gasteiger partial charge on any atom is -0.373 e. The van der Waals surface area contributed by atoms with Gasteiger partial charge in [-0.05, 0) is 35.9 Å². The van der Waals surface area contributed by atoms with Crippen molar-refractivity contribution in [2.45, 2.75) is 24.9 Å². The number of nitrogens with one attached hydrogen (secondary N) is 3. The van der Waals surface area contributed by atoms with E-state index in [4.69, 9.17) is 0 Å². The molecule has 2 aliphatic heterocycles. The average Bonchev–Trinajstić information content (AvgIpc) is 3.32. The number of hydrogen-bond donors (Lipinski definition) is 4. The normalized spacial score (nSPS) is 18.7. The zero-order chi connectivity index (χ0) is 24.2. The monoisotopic (exact) mass is 471 g/mol. The first-order valence-corrected chi connectivity index (χ1v) is 10.3. The Kier molecular flexibility index (Phi) is 5.05. The lowest BCUT2D eigenvalue weighted by atomic mass is 9.94. The lowest BCUT2D eigenvalue weighted by molar-refractivity contribution is -0.137. The molecule has 2 aliphatic rings. The summed E-state index contributed by atoms with van der Waals surface area (Å²) < 4.78 is 53.0. The smallest absolute Gasteiger partial charge is 0.373 e. The summed E-state index contributed by atoms with van der Waals surface area (Å²) in [5.41, 5.74) is 1.29. The van der Waals surface area contributed by atoms with Gasteiger partial charge in [0.15, 0.2) is 0 Å². The maximum atomic E-state index is 13.8. The third-order valence-corrected chi connectivity index (χ3v) is 5.87. The zero-order valence-electron chi connectivity index (χ0n) is 17.3. The number of aliphatic hydroxyl groups is 1. The van der Waals surface area contributed by atoms with Crippen molar-refractivity contribution in [1.82, 2.24) is 5.32 Å². The number of para-hydroxylation sites is 1. The summed E-state index contributed by atoms with van der Waals surface area (Å²) in [6.45, 7) is 0. The molecule has 174 valence electrons. The molecule has 3 aromatic carbocycles.